The summed E-state index contributed by atoms with van der Waals surface area (Å²) >= 11 is 0. The molecule has 0 spiro atoms. The van der Waals surface area contributed by atoms with E-state index < -0.39 is 18.5 Å². The fourth-order valence-corrected chi connectivity index (χ4v) is 1.73. The smallest absolute Gasteiger partial charge is 0.408 e. The van der Waals surface area contributed by atoms with Crippen molar-refractivity contribution >= 4 is 16.9 Å². The number of ketones is 1. The van der Waals surface area contributed by atoms with Crippen molar-refractivity contribution in [1.82, 2.24) is 4.57 Å². The van der Waals surface area contributed by atoms with Crippen molar-refractivity contribution in [2.45, 2.75) is 19.6 Å². The van der Waals surface area contributed by atoms with Crippen LogP contribution in [-0.4, -0.2) is 33.3 Å². The van der Waals surface area contributed by atoms with Gasteiger partial charge in [0, 0.05) is 5.56 Å². The summed E-state index contributed by atoms with van der Waals surface area (Å²) in [7, 11) is 0. The lowest BCUT2D eigenvalue weighted by molar-refractivity contribution is 0.0804. The normalized spacial score (nSPS) is 12.8. The van der Waals surface area contributed by atoms with Gasteiger partial charge in [0.1, 0.15) is 0 Å². The van der Waals surface area contributed by atoms with Gasteiger partial charge in [0.05, 0.1) is 24.8 Å². The van der Waals surface area contributed by atoms with E-state index in [4.69, 9.17) is 9.52 Å². The third-order valence-electron chi connectivity index (χ3n) is 2.68. The largest absolute Gasteiger partial charge is 0.420 e. The highest BCUT2D eigenvalue weighted by Crippen LogP contribution is 2.15. The van der Waals surface area contributed by atoms with Gasteiger partial charge < -0.3 is 14.6 Å². The van der Waals surface area contributed by atoms with Gasteiger partial charge in [-0.1, -0.05) is 0 Å². The van der Waals surface area contributed by atoms with E-state index in [2.05, 4.69) is 0 Å². The molecule has 0 fully saturated rings. The summed E-state index contributed by atoms with van der Waals surface area (Å²) in [5, 5.41) is 18.1. The summed E-state index contributed by atoms with van der Waals surface area (Å²) in [6, 6.07) is 4.66. The lowest BCUT2D eigenvalue weighted by Crippen LogP contribution is -2.25. The summed E-state index contributed by atoms with van der Waals surface area (Å²) in [4.78, 5) is 22.8. The number of rotatable bonds is 4. The second-order valence-electron chi connectivity index (χ2n) is 4.05. The van der Waals surface area contributed by atoms with Gasteiger partial charge in [0.15, 0.2) is 11.4 Å². The average molecular weight is 251 g/mol. The first-order chi connectivity index (χ1) is 8.52. The Balaban J connectivity index is 2.52. The zero-order chi connectivity index (χ0) is 13.3. The molecule has 0 amide bonds. The number of benzene rings is 1. The predicted molar refractivity (Wildman–Crippen MR) is 63.6 cm³/mol. The molecule has 0 radical (unpaired) electrons. The van der Waals surface area contributed by atoms with Gasteiger partial charge in [0.2, 0.25) is 0 Å². The maximum Gasteiger partial charge on any atom is 0.420 e. The zero-order valence-corrected chi connectivity index (χ0v) is 9.79. The molecule has 1 aromatic carbocycles. The van der Waals surface area contributed by atoms with Gasteiger partial charge in [-0.3, -0.25) is 9.36 Å². The number of aliphatic hydroxyl groups is 2. The van der Waals surface area contributed by atoms with Gasteiger partial charge >= 0.3 is 5.76 Å². The van der Waals surface area contributed by atoms with Gasteiger partial charge in [-0.15, -0.1) is 0 Å². The van der Waals surface area contributed by atoms with E-state index in [0.29, 0.717) is 11.1 Å². The molecule has 0 aliphatic heterocycles. The summed E-state index contributed by atoms with van der Waals surface area (Å²) in [6.07, 6.45) is -1.03. The Labute approximate surface area is 102 Å². The van der Waals surface area contributed by atoms with Crippen molar-refractivity contribution in [1.29, 1.82) is 0 Å². The quantitative estimate of drug-likeness (QED) is 0.754. The summed E-state index contributed by atoms with van der Waals surface area (Å²) in [5.74, 6) is -0.749. The molecule has 6 heteroatoms. The first-order valence-corrected chi connectivity index (χ1v) is 5.46. The first-order valence-electron chi connectivity index (χ1n) is 5.46. The summed E-state index contributed by atoms with van der Waals surface area (Å²) in [5.41, 5.74) is 1.22. The monoisotopic (exact) mass is 251 g/mol. The zero-order valence-electron chi connectivity index (χ0n) is 9.79. The van der Waals surface area contributed by atoms with E-state index in [0.717, 1.165) is 0 Å². The van der Waals surface area contributed by atoms with Crippen LogP contribution in [0, 0.1) is 0 Å². The lowest BCUT2D eigenvalue weighted by atomic mass is 10.1. The predicted octanol–water partition coefficient (Wildman–Crippen LogP) is 0.150. The maximum atomic E-state index is 11.6. The van der Waals surface area contributed by atoms with Crippen LogP contribution in [0.4, 0.5) is 0 Å². The molecule has 0 saturated heterocycles. The topological polar surface area (TPSA) is 92.7 Å². The number of oxazole rings is 1. The average Bonchev–Trinajstić information content (AvgIpc) is 2.64. The number of carbonyl (C=O) groups is 1. The van der Waals surface area contributed by atoms with Gasteiger partial charge in [0.25, 0.3) is 0 Å². The van der Waals surface area contributed by atoms with Crippen LogP contribution in [0.3, 0.4) is 0 Å². The van der Waals surface area contributed by atoms with Crippen LogP contribution in [0.25, 0.3) is 11.1 Å². The Kier molecular flexibility index (Phi) is 3.31. The van der Waals surface area contributed by atoms with Crippen molar-refractivity contribution in [2.75, 3.05) is 6.61 Å². The van der Waals surface area contributed by atoms with Crippen LogP contribution in [0.15, 0.2) is 27.4 Å². The van der Waals surface area contributed by atoms with Crippen molar-refractivity contribution in [2.24, 2.45) is 0 Å². The molecule has 0 saturated carbocycles. The number of fused-ring (bicyclic) bond motifs is 1. The number of aliphatic hydroxyl groups excluding tert-OH is 2. The van der Waals surface area contributed by atoms with Gasteiger partial charge in [-0.05, 0) is 25.1 Å². The van der Waals surface area contributed by atoms with E-state index in [1.165, 1.54) is 17.6 Å². The van der Waals surface area contributed by atoms with E-state index in [9.17, 15) is 14.7 Å². The highest BCUT2D eigenvalue weighted by molar-refractivity contribution is 5.96. The number of aromatic nitrogens is 1. The lowest BCUT2D eigenvalue weighted by Gasteiger charge is -2.07. The maximum absolute atomic E-state index is 11.6. The third kappa shape index (κ3) is 2.20. The minimum Gasteiger partial charge on any atom is -0.408 e. The number of nitrogens with zero attached hydrogens (tertiary/aromatic N) is 1. The summed E-state index contributed by atoms with van der Waals surface area (Å²) in [6.45, 7) is 0.929. The van der Waals surface area contributed by atoms with Crippen molar-refractivity contribution in [3.8, 4) is 0 Å². The van der Waals surface area contributed by atoms with E-state index in [-0.39, 0.29) is 17.9 Å². The molecule has 0 aliphatic carbocycles. The summed E-state index contributed by atoms with van der Waals surface area (Å²) < 4.78 is 6.22. The molecule has 2 aromatic rings. The Morgan fingerprint density at radius 2 is 2.22 bits per heavy atom. The molecule has 18 heavy (non-hydrogen) atoms. The third-order valence-corrected chi connectivity index (χ3v) is 2.68. The SMILES string of the molecule is CC(=O)c1ccc2c(c1)oc(=O)n2CC(O)CO. The highest BCUT2D eigenvalue weighted by Gasteiger charge is 2.13. The standard InChI is InChI=1S/C12H13NO5/c1-7(15)8-2-3-10-11(4-8)18-12(17)13(10)5-9(16)6-14/h2-4,9,14,16H,5-6H2,1H3. The van der Waals surface area contributed by atoms with E-state index in [1.807, 2.05) is 0 Å². The van der Waals surface area contributed by atoms with Crippen LogP contribution < -0.4 is 5.76 Å². The Hall–Kier alpha value is -1.92. The van der Waals surface area contributed by atoms with E-state index in [1.54, 1.807) is 12.1 Å². The van der Waals surface area contributed by atoms with Crippen LogP contribution in [-0.2, 0) is 6.54 Å². The Morgan fingerprint density at radius 3 is 2.83 bits per heavy atom. The molecule has 0 bridgehead atoms. The number of Topliss-reactive ketones (excluding diaryl/α,β-unsaturated/α-hetero) is 1. The fourth-order valence-electron chi connectivity index (χ4n) is 1.73. The fraction of sp³-hybridized carbons (Fsp3) is 0.333. The molecule has 1 heterocycles. The molecule has 1 unspecified atom stereocenters. The van der Waals surface area contributed by atoms with Crippen LogP contribution in [0.2, 0.25) is 0 Å². The Bertz CT molecular complexity index is 639. The molecular weight excluding hydrogens is 238 g/mol. The second-order valence-corrected chi connectivity index (χ2v) is 4.05. The molecule has 1 atom stereocenters. The molecule has 2 N–H and O–H groups in total. The molecular formula is C12H13NO5. The van der Waals surface area contributed by atoms with Gasteiger partial charge in [-0.2, -0.15) is 0 Å². The minimum absolute atomic E-state index is 0.0538. The second kappa shape index (κ2) is 4.75. The van der Waals surface area contributed by atoms with Crippen molar-refractivity contribution in [3.05, 3.63) is 34.3 Å². The molecule has 96 valence electrons. The number of hydrogen-bond donors (Lipinski definition) is 2. The highest BCUT2D eigenvalue weighted by atomic mass is 16.4. The van der Waals surface area contributed by atoms with Crippen molar-refractivity contribution in [3.63, 3.8) is 0 Å². The van der Waals surface area contributed by atoms with Crippen LogP contribution >= 0.6 is 0 Å². The minimum atomic E-state index is -1.03. The van der Waals surface area contributed by atoms with Crippen molar-refractivity contribution < 1.29 is 19.4 Å². The number of carbonyl (C=O) groups excluding carboxylic acids is 1. The number of hydrogen-bond acceptors (Lipinski definition) is 5. The van der Waals surface area contributed by atoms with Gasteiger partial charge in [-0.25, -0.2) is 4.79 Å². The van der Waals surface area contributed by atoms with Crippen LogP contribution in [0.1, 0.15) is 17.3 Å². The molecule has 0 aliphatic rings. The molecule has 6 nitrogen and oxygen atoms in total. The van der Waals surface area contributed by atoms with E-state index >= 15 is 0 Å². The van der Waals surface area contributed by atoms with Crippen LogP contribution in [0.5, 0.6) is 0 Å². The molecule has 1 aromatic heterocycles. The molecule has 2 rings (SSSR count). The first kappa shape index (κ1) is 12.5. The Morgan fingerprint density at radius 1 is 1.50 bits per heavy atom.